The molecule has 1 unspecified atom stereocenters. The van der Waals surface area contributed by atoms with E-state index < -0.39 is 12.3 Å². The molecule has 0 spiro atoms. The fourth-order valence-electron chi connectivity index (χ4n) is 0.280. The summed E-state index contributed by atoms with van der Waals surface area (Å²) in [7, 11) is 0. The van der Waals surface area contributed by atoms with Crippen molar-refractivity contribution in [3.63, 3.8) is 0 Å². The molecule has 0 aliphatic heterocycles. The maximum absolute atomic E-state index is 10.3. The van der Waals surface area contributed by atoms with Crippen LogP contribution in [0.15, 0.2) is 25.0 Å². The van der Waals surface area contributed by atoms with Gasteiger partial charge in [0.15, 0.2) is 0 Å². The van der Waals surface area contributed by atoms with E-state index >= 15 is 0 Å². The highest BCUT2D eigenvalue weighted by Crippen LogP contribution is 1.89. The van der Waals surface area contributed by atoms with Gasteiger partial charge in [0, 0.05) is 12.2 Å². The van der Waals surface area contributed by atoms with Crippen LogP contribution < -0.4 is 0 Å². The molecule has 0 aliphatic rings. The van der Waals surface area contributed by atoms with Crippen LogP contribution in [0, 0.1) is 0 Å². The predicted molar refractivity (Wildman–Crippen MR) is 34.1 cm³/mol. The van der Waals surface area contributed by atoms with E-state index in [-0.39, 0.29) is 0 Å². The molecule has 10 heavy (non-hydrogen) atoms. The summed E-state index contributed by atoms with van der Waals surface area (Å²) in [6, 6.07) is 0. The number of carbonyl (C=O) groups excluding carboxylic acids is 1. The Morgan fingerprint density at radius 3 is 2.70 bits per heavy atom. The molecule has 4 nitrogen and oxygen atoms in total. The molecule has 0 saturated heterocycles. The van der Waals surface area contributed by atoms with Crippen molar-refractivity contribution < 1.29 is 19.7 Å². The number of esters is 1. The summed E-state index contributed by atoms with van der Waals surface area (Å²) >= 11 is 0. The molecule has 0 aromatic heterocycles. The van der Waals surface area contributed by atoms with Gasteiger partial charge >= 0.3 is 5.97 Å². The molecule has 56 valence electrons. The zero-order valence-electron chi connectivity index (χ0n) is 5.23. The zero-order chi connectivity index (χ0) is 7.98. The van der Waals surface area contributed by atoms with Gasteiger partial charge in [-0.05, 0) is 0 Å². The van der Waals surface area contributed by atoms with Gasteiger partial charge in [0.05, 0.1) is 6.26 Å². The number of rotatable bonds is 3. The van der Waals surface area contributed by atoms with E-state index in [0.717, 1.165) is 12.2 Å². The summed E-state index contributed by atoms with van der Waals surface area (Å²) in [5.74, 6) is -0.745. The van der Waals surface area contributed by atoms with Crippen molar-refractivity contribution in [2.75, 3.05) is 0 Å². The highest BCUT2D eigenvalue weighted by atomic mass is 16.6. The van der Waals surface area contributed by atoms with Crippen molar-refractivity contribution in [2.45, 2.75) is 6.29 Å². The summed E-state index contributed by atoms with van der Waals surface area (Å²) in [6.07, 6.45) is 0.993. The van der Waals surface area contributed by atoms with Crippen LogP contribution in [0.3, 0.4) is 0 Å². The molecule has 0 aliphatic carbocycles. The van der Waals surface area contributed by atoms with Crippen molar-refractivity contribution in [1.29, 1.82) is 0 Å². The maximum Gasteiger partial charge on any atom is 0.332 e. The van der Waals surface area contributed by atoms with Crippen LogP contribution >= 0.6 is 0 Å². The van der Waals surface area contributed by atoms with E-state index in [2.05, 4.69) is 11.3 Å². The molecule has 2 N–H and O–H groups in total. The maximum atomic E-state index is 10.3. The zero-order valence-corrected chi connectivity index (χ0v) is 5.23. The second-order valence-corrected chi connectivity index (χ2v) is 1.37. The van der Waals surface area contributed by atoms with Crippen LogP contribution in [-0.2, 0) is 9.53 Å². The SMILES string of the molecule is C=CC(=O)OC(O)C=CO. The van der Waals surface area contributed by atoms with E-state index in [9.17, 15) is 4.79 Å². The largest absolute Gasteiger partial charge is 0.516 e. The third kappa shape index (κ3) is 3.68. The first-order valence-electron chi connectivity index (χ1n) is 2.52. The number of hydrogen-bond donors (Lipinski definition) is 2. The van der Waals surface area contributed by atoms with Crippen LogP contribution in [0.4, 0.5) is 0 Å². The number of carbonyl (C=O) groups is 1. The molecule has 0 fully saturated rings. The van der Waals surface area contributed by atoms with Crippen molar-refractivity contribution in [3.05, 3.63) is 25.0 Å². The summed E-state index contributed by atoms with van der Waals surface area (Å²) < 4.78 is 4.19. The molecule has 0 rings (SSSR count). The first kappa shape index (κ1) is 8.71. The standard InChI is InChI=1S/C6H8O4/c1-2-5(8)10-6(9)3-4-7/h2-4,6-7,9H,1H2. The Balaban J connectivity index is 3.67. The highest BCUT2D eigenvalue weighted by Gasteiger charge is 2.01. The van der Waals surface area contributed by atoms with Gasteiger partial charge in [0.2, 0.25) is 6.29 Å². The van der Waals surface area contributed by atoms with Crippen LogP contribution in [0.25, 0.3) is 0 Å². The Kier molecular flexibility index (Phi) is 3.99. The highest BCUT2D eigenvalue weighted by molar-refractivity contribution is 5.81. The molecule has 0 saturated carbocycles. The summed E-state index contributed by atoms with van der Waals surface area (Å²) in [4.78, 5) is 10.3. The minimum Gasteiger partial charge on any atom is -0.516 e. The van der Waals surface area contributed by atoms with E-state index in [0.29, 0.717) is 6.26 Å². The van der Waals surface area contributed by atoms with E-state index in [1.54, 1.807) is 0 Å². The predicted octanol–water partition coefficient (Wildman–Crippen LogP) is 0.106. The van der Waals surface area contributed by atoms with Crippen LogP contribution in [-0.4, -0.2) is 22.5 Å². The average Bonchev–Trinajstić information content (AvgIpc) is 1.88. The summed E-state index contributed by atoms with van der Waals surface area (Å²) in [6.45, 7) is 3.10. The van der Waals surface area contributed by atoms with Gasteiger partial charge in [-0.2, -0.15) is 0 Å². The fraction of sp³-hybridized carbons (Fsp3) is 0.167. The van der Waals surface area contributed by atoms with Gasteiger partial charge < -0.3 is 14.9 Å². The fourth-order valence-corrected chi connectivity index (χ4v) is 0.280. The van der Waals surface area contributed by atoms with Crippen molar-refractivity contribution >= 4 is 5.97 Å². The molecule has 0 aromatic carbocycles. The van der Waals surface area contributed by atoms with Crippen molar-refractivity contribution in [2.24, 2.45) is 0 Å². The topological polar surface area (TPSA) is 66.8 Å². The average molecular weight is 144 g/mol. The Labute approximate surface area is 58.0 Å². The van der Waals surface area contributed by atoms with E-state index in [1.165, 1.54) is 0 Å². The van der Waals surface area contributed by atoms with Gasteiger partial charge in [-0.1, -0.05) is 6.58 Å². The minimum absolute atomic E-state index is 0.584. The molecule has 0 heterocycles. The second kappa shape index (κ2) is 4.58. The molecule has 4 heteroatoms. The van der Waals surface area contributed by atoms with Gasteiger partial charge in [0.25, 0.3) is 0 Å². The molecule has 0 radical (unpaired) electrons. The lowest BCUT2D eigenvalue weighted by molar-refractivity contribution is -0.154. The molecule has 0 bridgehead atoms. The smallest absolute Gasteiger partial charge is 0.332 e. The Morgan fingerprint density at radius 1 is 1.70 bits per heavy atom. The third-order valence-corrected chi connectivity index (χ3v) is 0.654. The lowest BCUT2D eigenvalue weighted by atomic mass is 10.6. The summed E-state index contributed by atoms with van der Waals surface area (Å²) in [5, 5.41) is 16.7. The van der Waals surface area contributed by atoms with Gasteiger partial charge in [0.1, 0.15) is 0 Å². The molecule has 1 atom stereocenters. The normalized spacial score (nSPS) is 12.9. The Hall–Kier alpha value is -1.29. The first-order chi connectivity index (χ1) is 4.70. The van der Waals surface area contributed by atoms with Crippen LogP contribution in [0.5, 0.6) is 0 Å². The molecule has 0 amide bonds. The van der Waals surface area contributed by atoms with Crippen molar-refractivity contribution in [1.82, 2.24) is 0 Å². The Bertz CT molecular complexity index is 150. The third-order valence-electron chi connectivity index (χ3n) is 0.654. The molecular formula is C6H8O4. The lowest BCUT2D eigenvalue weighted by Gasteiger charge is -2.03. The molecular weight excluding hydrogens is 136 g/mol. The lowest BCUT2D eigenvalue weighted by Crippen LogP contribution is -2.12. The van der Waals surface area contributed by atoms with Gasteiger partial charge in [-0.15, -0.1) is 0 Å². The second-order valence-electron chi connectivity index (χ2n) is 1.37. The van der Waals surface area contributed by atoms with Crippen LogP contribution in [0.2, 0.25) is 0 Å². The van der Waals surface area contributed by atoms with Crippen LogP contribution in [0.1, 0.15) is 0 Å². The monoisotopic (exact) mass is 144 g/mol. The Morgan fingerprint density at radius 2 is 2.30 bits per heavy atom. The van der Waals surface area contributed by atoms with Gasteiger partial charge in [-0.25, -0.2) is 4.79 Å². The first-order valence-corrected chi connectivity index (χ1v) is 2.52. The minimum atomic E-state index is -1.41. The number of hydrogen-bond acceptors (Lipinski definition) is 4. The summed E-state index contributed by atoms with van der Waals surface area (Å²) in [5.41, 5.74) is 0. The number of aliphatic hydroxyl groups is 2. The number of aliphatic hydroxyl groups excluding tert-OH is 2. The quantitative estimate of drug-likeness (QED) is 0.255. The van der Waals surface area contributed by atoms with E-state index in [4.69, 9.17) is 10.2 Å². The van der Waals surface area contributed by atoms with E-state index in [1.807, 2.05) is 0 Å². The van der Waals surface area contributed by atoms with Crippen molar-refractivity contribution in [3.8, 4) is 0 Å². The van der Waals surface area contributed by atoms with Gasteiger partial charge in [-0.3, -0.25) is 0 Å². The number of ether oxygens (including phenoxy) is 1. The molecule has 0 aromatic rings.